The monoisotopic (exact) mass is 593 g/mol. The Labute approximate surface area is 241 Å². The van der Waals surface area contributed by atoms with E-state index in [0.717, 1.165) is 11.1 Å². The van der Waals surface area contributed by atoms with Gasteiger partial charge in [0.2, 0.25) is 0 Å². The number of ether oxygens (including phenoxy) is 2. The first-order valence-electron chi connectivity index (χ1n) is 13.5. The van der Waals surface area contributed by atoms with Gasteiger partial charge in [-0.25, -0.2) is 0 Å². The number of rotatable bonds is 6. The molecule has 10 atom stereocenters. The summed E-state index contributed by atoms with van der Waals surface area (Å²) in [4.78, 5) is 1.21. The zero-order valence-corrected chi connectivity index (χ0v) is 23.4. The lowest BCUT2D eigenvalue weighted by Crippen LogP contribution is -2.57. The minimum absolute atomic E-state index is 0.244. The minimum Gasteiger partial charge on any atom is -0.394 e. The van der Waals surface area contributed by atoms with Crippen LogP contribution in [0.5, 0.6) is 0 Å². The lowest BCUT2D eigenvalue weighted by atomic mass is 9.88. The van der Waals surface area contributed by atoms with Crippen molar-refractivity contribution in [2.45, 2.75) is 80.9 Å². The van der Waals surface area contributed by atoms with Crippen molar-refractivity contribution in [2.75, 3.05) is 13.2 Å². The van der Waals surface area contributed by atoms with Gasteiger partial charge in [0, 0.05) is 22.5 Å². The van der Waals surface area contributed by atoms with Gasteiger partial charge < -0.3 is 56.1 Å². The fourth-order valence-corrected chi connectivity index (χ4v) is 6.27. The van der Waals surface area contributed by atoms with E-state index in [4.69, 9.17) is 20.3 Å². The van der Waals surface area contributed by atoms with Crippen LogP contribution in [0.15, 0.2) is 48.5 Å². The number of thiophene rings is 1. The second kappa shape index (κ2) is 14.0. The molecule has 0 bridgehead atoms. The highest BCUT2D eigenvalue weighted by molar-refractivity contribution is 7.19. The van der Waals surface area contributed by atoms with E-state index in [9.17, 15) is 35.7 Å². The summed E-state index contributed by atoms with van der Waals surface area (Å²) in [6.45, 7) is 0.992. The van der Waals surface area contributed by atoms with E-state index in [2.05, 4.69) is 18.2 Å². The fraction of sp³-hybridized carbons (Fsp3) is 0.517. The van der Waals surface area contributed by atoms with E-state index < -0.39 is 67.6 Å². The molecule has 2 aliphatic rings. The lowest BCUT2D eigenvalue weighted by molar-refractivity contribution is -0.231. The van der Waals surface area contributed by atoms with E-state index in [1.54, 1.807) is 18.3 Å². The zero-order chi connectivity index (χ0) is 29.8. The Hall–Kier alpha value is -2.04. The topological polar surface area (TPSA) is 206 Å². The molecule has 0 unspecified atom stereocenters. The van der Waals surface area contributed by atoms with Crippen LogP contribution < -0.4 is 5.73 Å². The van der Waals surface area contributed by atoms with E-state index in [-0.39, 0.29) is 13.2 Å². The predicted octanol–water partition coefficient (Wildman–Crippen LogP) is -0.686. The molecule has 0 radical (unpaired) electrons. The molecular weight excluding hydrogens is 554 g/mol. The number of hydrogen-bond donors (Lipinski definition) is 9. The molecule has 2 aromatic carbocycles. The molecule has 0 amide bonds. The van der Waals surface area contributed by atoms with Gasteiger partial charge in [-0.1, -0.05) is 36.4 Å². The molecule has 11 nitrogen and oxygen atoms in total. The zero-order valence-electron chi connectivity index (χ0n) is 22.6. The number of nitrogens with two attached hydrogens (primary N) is 1. The first-order valence-corrected chi connectivity index (χ1v) is 14.3. The van der Waals surface area contributed by atoms with Crippen LogP contribution in [-0.4, -0.2) is 109 Å². The normalized spacial score (nSPS) is 33.8. The predicted molar refractivity (Wildman–Crippen MR) is 151 cm³/mol. The van der Waals surface area contributed by atoms with E-state index >= 15 is 0 Å². The standard InChI is InChI=1S/C22H25NO5S.C7H14O5/c23-10-14-6-5-12(7-15-9-13-3-1-2-4-18(13)29-15)8-16(14)22-21(27)20(26)19(25)17(11-24)28-22;1-3-5(9)7(11)6(10)4(2-8)12-3/h1-6,8-9,17,19-22,24-27H,7,10-11,23H2;3-11H,2H2,1H3/t17-,19-,20+,21-,22+;3-,4+,5-,6+,7+/m10/s1. The number of fused-ring (bicyclic) bond motifs is 1. The van der Waals surface area contributed by atoms with Gasteiger partial charge in [0.25, 0.3) is 0 Å². The Balaban J connectivity index is 0.000000271. The Morgan fingerprint density at radius 3 is 2.02 bits per heavy atom. The van der Waals surface area contributed by atoms with Gasteiger partial charge >= 0.3 is 0 Å². The van der Waals surface area contributed by atoms with Crippen LogP contribution >= 0.6 is 11.3 Å². The molecule has 3 aromatic rings. The summed E-state index contributed by atoms with van der Waals surface area (Å²) in [7, 11) is 0. The van der Waals surface area contributed by atoms with Gasteiger partial charge in [-0.2, -0.15) is 0 Å². The second-order valence-electron chi connectivity index (χ2n) is 10.4. The molecule has 3 heterocycles. The van der Waals surface area contributed by atoms with Crippen molar-refractivity contribution in [3.05, 3.63) is 70.1 Å². The van der Waals surface area contributed by atoms with Gasteiger partial charge in [0.15, 0.2) is 0 Å². The van der Waals surface area contributed by atoms with Crippen LogP contribution in [0.25, 0.3) is 10.1 Å². The molecule has 2 aliphatic heterocycles. The van der Waals surface area contributed by atoms with Crippen LogP contribution in [0, 0.1) is 0 Å². The Kier molecular flexibility index (Phi) is 10.9. The maximum Gasteiger partial charge on any atom is 0.113 e. The molecule has 1 aromatic heterocycles. The summed E-state index contributed by atoms with van der Waals surface area (Å²) in [6, 6.07) is 16.2. The molecule has 5 rings (SSSR count). The number of benzene rings is 2. The molecule has 2 saturated heterocycles. The van der Waals surface area contributed by atoms with Crippen LogP contribution in [0.1, 0.15) is 34.6 Å². The summed E-state index contributed by atoms with van der Waals surface area (Å²) in [5, 5.41) is 77.8. The van der Waals surface area contributed by atoms with Crippen molar-refractivity contribution in [1.29, 1.82) is 0 Å². The van der Waals surface area contributed by atoms with Gasteiger partial charge in [0.05, 0.1) is 19.3 Å². The first kappa shape index (κ1) is 31.9. The molecule has 0 spiro atoms. The van der Waals surface area contributed by atoms with Crippen molar-refractivity contribution >= 4 is 21.4 Å². The summed E-state index contributed by atoms with van der Waals surface area (Å²) < 4.78 is 12.0. The SMILES string of the molecule is C[C@@H]1O[C@H](CO)[C@@H](O)[C@H](O)[C@H]1O.NCc1ccc(Cc2cc3ccccc3s2)cc1[C@@H]1O[C@H](CO)[C@@H](O)[C@H](O)[C@H]1O. The number of aliphatic hydroxyl groups excluding tert-OH is 8. The summed E-state index contributed by atoms with van der Waals surface area (Å²) in [6.07, 6.45) is -10.2. The van der Waals surface area contributed by atoms with Crippen molar-refractivity contribution in [1.82, 2.24) is 0 Å². The van der Waals surface area contributed by atoms with Crippen LogP contribution in [0.4, 0.5) is 0 Å². The highest BCUT2D eigenvalue weighted by Crippen LogP contribution is 2.35. The largest absolute Gasteiger partial charge is 0.394 e. The third-order valence-electron chi connectivity index (χ3n) is 7.61. The van der Waals surface area contributed by atoms with Crippen LogP contribution in [0.2, 0.25) is 0 Å². The number of hydrogen-bond acceptors (Lipinski definition) is 12. The average Bonchev–Trinajstić information content (AvgIpc) is 3.39. The molecule has 0 aliphatic carbocycles. The molecule has 226 valence electrons. The maximum absolute atomic E-state index is 10.5. The van der Waals surface area contributed by atoms with Crippen molar-refractivity contribution < 1.29 is 50.3 Å². The molecule has 41 heavy (non-hydrogen) atoms. The lowest BCUT2D eigenvalue weighted by Gasteiger charge is -2.40. The van der Waals surface area contributed by atoms with Crippen molar-refractivity contribution in [2.24, 2.45) is 5.73 Å². The Morgan fingerprint density at radius 1 is 0.756 bits per heavy atom. The third kappa shape index (κ3) is 6.96. The summed E-state index contributed by atoms with van der Waals surface area (Å²) in [5.74, 6) is 0. The molecular formula is C29H39NO10S. The quantitative estimate of drug-likeness (QED) is 0.175. The van der Waals surface area contributed by atoms with Gasteiger partial charge in [0.1, 0.15) is 54.9 Å². The minimum atomic E-state index is -1.41. The number of aliphatic hydroxyl groups is 8. The highest BCUT2D eigenvalue weighted by atomic mass is 32.1. The summed E-state index contributed by atoms with van der Waals surface area (Å²) in [5.41, 5.74) is 8.37. The van der Waals surface area contributed by atoms with E-state index in [1.165, 1.54) is 15.0 Å². The maximum atomic E-state index is 10.5. The van der Waals surface area contributed by atoms with Crippen molar-refractivity contribution in [3.63, 3.8) is 0 Å². The molecule has 12 heteroatoms. The summed E-state index contributed by atoms with van der Waals surface area (Å²) >= 11 is 1.74. The van der Waals surface area contributed by atoms with Crippen LogP contribution in [0.3, 0.4) is 0 Å². The Bertz CT molecular complexity index is 1230. The highest BCUT2D eigenvalue weighted by Gasteiger charge is 2.44. The average molecular weight is 594 g/mol. The first-order chi connectivity index (χ1) is 19.6. The molecule has 0 saturated carbocycles. The third-order valence-corrected chi connectivity index (χ3v) is 8.73. The van der Waals surface area contributed by atoms with Crippen molar-refractivity contribution in [3.8, 4) is 0 Å². The van der Waals surface area contributed by atoms with Gasteiger partial charge in [-0.15, -0.1) is 11.3 Å². The van der Waals surface area contributed by atoms with Gasteiger partial charge in [-0.05, 0) is 41.1 Å². The van der Waals surface area contributed by atoms with Crippen LogP contribution in [-0.2, 0) is 22.4 Å². The second-order valence-corrected chi connectivity index (χ2v) is 11.6. The van der Waals surface area contributed by atoms with Gasteiger partial charge in [-0.3, -0.25) is 0 Å². The smallest absolute Gasteiger partial charge is 0.113 e. The fourth-order valence-electron chi connectivity index (χ4n) is 5.18. The Morgan fingerprint density at radius 2 is 1.39 bits per heavy atom. The van der Waals surface area contributed by atoms with E-state index in [0.29, 0.717) is 12.0 Å². The molecule has 2 fully saturated rings. The molecule has 10 N–H and O–H groups in total. The van der Waals surface area contributed by atoms with E-state index in [1.807, 2.05) is 30.3 Å².